The van der Waals surface area contributed by atoms with Crippen LogP contribution in [0.1, 0.15) is 102 Å². The van der Waals surface area contributed by atoms with Gasteiger partial charge in [0.05, 0.1) is 5.92 Å². The van der Waals surface area contributed by atoms with E-state index in [1.165, 1.54) is 84.9 Å². The lowest BCUT2D eigenvalue weighted by atomic mass is 9.72. The minimum atomic E-state index is -0.917. The Labute approximate surface area is 388 Å². The van der Waals surface area contributed by atoms with Crippen LogP contribution in [0.25, 0.3) is 11.6 Å². The van der Waals surface area contributed by atoms with Gasteiger partial charge < -0.3 is 60.9 Å². The quantitative estimate of drug-likeness (QED) is 0.0748. The molecular weight excluding hydrogens is 865 g/mol. The molecule has 0 fully saturated rings. The molecule has 1 aliphatic heterocycles. The van der Waals surface area contributed by atoms with Gasteiger partial charge in [0.15, 0.2) is 0 Å². The fraction of sp³-hybridized carbons (Fsp3) is 0.107. The number of ether oxygens (including phenoxy) is 1. The largest absolute Gasteiger partial charge is 0.508 e. The number of phenolic OH excluding ortho intramolecular Hbond substituents is 11. The number of benzene rings is 8. The van der Waals surface area contributed by atoms with E-state index in [0.717, 1.165) is 0 Å². The lowest BCUT2D eigenvalue weighted by molar-refractivity contribution is 0.221. The van der Waals surface area contributed by atoms with Crippen molar-refractivity contribution in [2.75, 3.05) is 0 Å². The Morgan fingerprint density at radius 3 is 1.44 bits per heavy atom. The molecule has 68 heavy (non-hydrogen) atoms. The van der Waals surface area contributed by atoms with Crippen LogP contribution in [0, 0.1) is 0 Å². The van der Waals surface area contributed by atoms with Crippen molar-refractivity contribution < 1.29 is 60.9 Å². The Kier molecular flexibility index (Phi) is 9.60. The van der Waals surface area contributed by atoms with E-state index >= 15 is 0 Å². The number of aromatic hydroxyl groups is 11. The molecule has 6 atom stereocenters. The third-order valence-electron chi connectivity index (χ3n) is 13.7. The van der Waals surface area contributed by atoms with E-state index < -0.39 is 35.7 Å². The summed E-state index contributed by atoms with van der Waals surface area (Å²) in [6.45, 7) is 0. The highest BCUT2D eigenvalue weighted by molar-refractivity contribution is 5.93. The summed E-state index contributed by atoms with van der Waals surface area (Å²) in [5, 5.41) is 122. The van der Waals surface area contributed by atoms with Crippen molar-refractivity contribution in [1.82, 2.24) is 0 Å². The van der Waals surface area contributed by atoms with Crippen LogP contribution in [-0.4, -0.2) is 56.2 Å². The summed E-state index contributed by atoms with van der Waals surface area (Å²) >= 11 is 0. The van der Waals surface area contributed by atoms with Gasteiger partial charge in [0.1, 0.15) is 75.1 Å². The van der Waals surface area contributed by atoms with E-state index in [1.807, 2.05) is 6.08 Å². The summed E-state index contributed by atoms with van der Waals surface area (Å²) in [6, 6.07) is 37.4. The molecule has 0 saturated heterocycles. The zero-order valence-electron chi connectivity index (χ0n) is 35.7. The molecule has 0 spiro atoms. The minimum absolute atomic E-state index is 0.0120. The van der Waals surface area contributed by atoms with Crippen LogP contribution in [0.2, 0.25) is 0 Å². The second kappa shape index (κ2) is 15.6. The molecule has 1 unspecified atom stereocenters. The fourth-order valence-corrected chi connectivity index (χ4v) is 11.1. The molecule has 8 aromatic carbocycles. The molecule has 12 nitrogen and oxygen atoms in total. The molecule has 1 heterocycles. The van der Waals surface area contributed by atoms with Crippen molar-refractivity contribution in [2.24, 2.45) is 0 Å². The number of allylic oxidation sites excluding steroid dienone is 1. The predicted molar refractivity (Wildman–Crippen MR) is 251 cm³/mol. The fourth-order valence-electron chi connectivity index (χ4n) is 11.1. The zero-order chi connectivity index (χ0) is 47.3. The normalized spacial score (nSPS) is 20.6. The van der Waals surface area contributed by atoms with Gasteiger partial charge in [-0.2, -0.15) is 0 Å². The Bertz CT molecular complexity index is 3340. The molecule has 0 amide bonds. The van der Waals surface area contributed by atoms with Crippen molar-refractivity contribution in [3.05, 3.63) is 212 Å². The molecule has 0 radical (unpaired) electrons. The summed E-state index contributed by atoms with van der Waals surface area (Å²) in [4.78, 5) is 0. The van der Waals surface area contributed by atoms with Crippen LogP contribution in [0.5, 0.6) is 69.0 Å². The molecule has 3 aliphatic rings. The summed E-state index contributed by atoms with van der Waals surface area (Å²) < 4.78 is 6.69. The molecular formula is C56H42O12. The van der Waals surface area contributed by atoms with Crippen LogP contribution < -0.4 is 4.74 Å². The van der Waals surface area contributed by atoms with Crippen LogP contribution in [0.3, 0.4) is 0 Å². The summed E-state index contributed by atoms with van der Waals surface area (Å²) in [5.41, 5.74) is 6.84. The Morgan fingerprint density at radius 2 is 0.824 bits per heavy atom. The monoisotopic (exact) mass is 906 g/mol. The van der Waals surface area contributed by atoms with Gasteiger partial charge >= 0.3 is 0 Å². The van der Waals surface area contributed by atoms with E-state index in [4.69, 9.17) is 4.74 Å². The Hall–Kier alpha value is -8.90. The lowest BCUT2D eigenvalue weighted by Crippen LogP contribution is -2.16. The van der Waals surface area contributed by atoms with Gasteiger partial charge in [-0.05, 0) is 129 Å². The maximum Gasteiger partial charge on any atom is 0.135 e. The average Bonchev–Trinajstić information content (AvgIpc) is 3.79. The van der Waals surface area contributed by atoms with E-state index in [2.05, 4.69) is 0 Å². The first-order valence-corrected chi connectivity index (χ1v) is 21.8. The maximum absolute atomic E-state index is 12.2. The zero-order valence-corrected chi connectivity index (χ0v) is 35.7. The van der Waals surface area contributed by atoms with Crippen molar-refractivity contribution in [3.63, 3.8) is 0 Å². The van der Waals surface area contributed by atoms with Crippen molar-refractivity contribution in [3.8, 4) is 69.0 Å². The molecule has 12 heteroatoms. The average molecular weight is 907 g/mol. The predicted octanol–water partition coefficient (Wildman–Crippen LogP) is 10.5. The molecule has 11 rings (SSSR count). The van der Waals surface area contributed by atoms with Gasteiger partial charge in [-0.3, -0.25) is 0 Å². The summed E-state index contributed by atoms with van der Waals surface area (Å²) in [6.07, 6.45) is 1.08. The third kappa shape index (κ3) is 6.84. The molecule has 11 N–H and O–H groups in total. The molecule has 0 aromatic heterocycles. The lowest BCUT2D eigenvalue weighted by Gasteiger charge is -2.31. The summed E-state index contributed by atoms with van der Waals surface area (Å²) in [7, 11) is 0. The Balaban J connectivity index is 1.18. The van der Waals surface area contributed by atoms with Gasteiger partial charge in [0, 0.05) is 70.2 Å². The first kappa shape index (κ1) is 41.8. The maximum atomic E-state index is 12.2. The SMILES string of the molecule is Oc1ccc([C@H]2c3c(O)cc(O)cc3C3c4c(cc(O)cc4[C@@H]2c2cc(/C=C4\c5cc(O)cc(O)c5[C@H](c5cc(O)cc(O)c5)[C@H]4c4ccc(O)cc4)ccc2O)O[C@@H]3c2ccc(O)cc2)cc1. The smallest absolute Gasteiger partial charge is 0.135 e. The minimum Gasteiger partial charge on any atom is -0.508 e. The molecule has 2 aliphatic carbocycles. The second-order valence-electron chi connectivity index (χ2n) is 17.7. The molecule has 0 bridgehead atoms. The molecule has 8 aromatic rings. The Morgan fingerprint density at radius 1 is 0.324 bits per heavy atom. The molecule has 0 saturated carbocycles. The van der Waals surface area contributed by atoms with Crippen LogP contribution in [-0.2, 0) is 0 Å². The van der Waals surface area contributed by atoms with Crippen molar-refractivity contribution in [1.29, 1.82) is 0 Å². The number of fused-ring (bicyclic) bond motifs is 3. The number of rotatable bonds is 6. The van der Waals surface area contributed by atoms with Gasteiger partial charge in [-0.25, -0.2) is 0 Å². The first-order valence-electron chi connectivity index (χ1n) is 21.8. The van der Waals surface area contributed by atoms with Crippen molar-refractivity contribution >= 4 is 11.6 Å². The standard InChI is InChI=1S/C56H42O12/c57-31-8-2-27(3-9-31)48-39(40-20-36(62)23-45(66)52(40)50(48)30-17-34(60)19-35(61)18-30)15-26-1-14-44(65)41(16-26)51-42-22-38(64)25-47-54(42)55(56(68-47)29-6-12-33(59)13-7-29)43-21-37(63)24-46(67)53(43)49(51)28-4-10-32(58)11-5-28/h1-25,48-51,55-67H/b39-15+/t48-,49+,50+,51-,55?,56+/m0/s1. The van der Waals surface area contributed by atoms with E-state index in [-0.39, 0.29) is 63.2 Å². The number of hydrogen-bond donors (Lipinski definition) is 11. The van der Waals surface area contributed by atoms with Gasteiger partial charge in [0.25, 0.3) is 0 Å². The highest BCUT2D eigenvalue weighted by Gasteiger charge is 2.49. The molecule has 338 valence electrons. The van der Waals surface area contributed by atoms with Gasteiger partial charge in [0.2, 0.25) is 0 Å². The second-order valence-corrected chi connectivity index (χ2v) is 17.7. The topological polar surface area (TPSA) is 232 Å². The highest BCUT2D eigenvalue weighted by Crippen LogP contribution is 2.64. The van der Waals surface area contributed by atoms with E-state index in [0.29, 0.717) is 78.1 Å². The van der Waals surface area contributed by atoms with Crippen LogP contribution >= 0.6 is 0 Å². The van der Waals surface area contributed by atoms with E-state index in [1.54, 1.807) is 60.7 Å². The highest BCUT2D eigenvalue weighted by atomic mass is 16.5. The first-order chi connectivity index (χ1) is 32.7. The van der Waals surface area contributed by atoms with Gasteiger partial charge in [-0.15, -0.1) is 0 Å². The number of hydrogen-bond acceptors (Lipinski definition) is 12. The summed E-state index contributed by atoms with van der Waals surface area (Å²) in [5.74, 6) is -5.11. The number of phenols is 11. The van der Waals surface area contributed by atoms with Crippen LogP contribution in [0.15, 0.2) is 146 Å². The van der Waals surface area contributed by atoms with Crippen LogP contribution in [0.4, 0.5) is 0 Å². The van der Waals surface area contributed by atoms with Gasteiger partial charge in [-0.1, -0.05) is 48.5 Å². The van der Waals surface area contributed by atoms with Crippen molar-refractivity contribution in [2.45, 2.75) is 35.7 Å². The third-order valence-corrected chi connectivity index (χ3v) is 13.7. The van der Waals surface area contributed by atoms with E-state index in [9.17, 15) is 56.2 Å².